The van der Waals surface area contributed by atoms with Gasteiger partial charge < -0.3 is 34.3 Å². The van der Waals surface area contributed by atoms with Crippen LogP contribution in [0.2, 0.25) is 0 Å². The molecule has 0 aromatic rings. The molecule has 0 aliphatic carbocycles. The normalized spacial score (nSPS) is 20.9. The minimum absolute atomic E-state index is 0.136. The predicted molar refractivity (Wildman–Crippen MR) is 220 cm³/mol. The van der Waals surface area contributed by atoms with Crippen LogP contribution in [0.3, 0.4) is 0 Å². The summed E-state index contributed by atoms with van der Waals surface area (Å²) in [4.78, 5) is 25.3. The van der Waals surface area contributed by atoms with Gasteiger partial charge in [0.2, 0.25) is 0 Å². The van der Waals surface area contributed by atoms with Crippen LogP contribution in [0.4, 0.5) is 0 Å². The Hall–Kier alpha value is -1.87. The van der Waals surface area contributed by atoms with Crippen molar-refractivity contribution >= 4 is 22.1 Å². The van der Waals surface area contributed by atoms with E-state index >= 15 is 0 Å². The van der Waals surface area contributed by atoms with Crippen LogP contribution >= 0.6 is 0 Å². The van der Waals surface area contributed by atoms with Gasteiger partial charge in [-0.1, -0.05) is 141 Å². The molecule has 0 saturated carbocycles. The van der Waals surface area contributed by atoms with E-state index in [2.05, 4.69) is 32.1 Å². The molecule has 56 heavy (non-hydrogen) atoms. The highest BCUT2D eigenvalue weighted by Gasteiger charge is 2.46. The zero-order chi connectivity index (χ0) is 41.3. The number of unbranched alkanes of at least 4 members (excludes halogenated alkanes) is 20. The zero-order valence-electron chi connectivity index (χ0n) is 34.7. The SMILES string of the molecule is CCCCCC/C=C/CCCCCCCC(=O)O[C@H](COC(=O)CC/C=C/CCCCCCCCCCCCC)CO[C@H]1O[C@H](CS(=O)(=O)O)[C@@H](O)C(O)C1O. The lowest BCUT2D eigenvalue weighted by Gasteiger charge is -2.40. The monoisotopic (exact) mass is 819 g/mol. The quantitative estimate of drug-likeness (QED) is 0.0205. The topological polar surface area (TPSA) is 186 Å². The molecule has 13 heteroatoms. The number of aliphatic hydroxyl groups is 3. The summed E-state index contributed by atoms with van der Waals surface area (Å²) >= 11 is 0. The van der Waals surface area contributed by atoms with Gasteiger partial charge in [0, 0.05) is 12.8 Å². The standard InChI is InChI=1S/C43H78O12S/c1-3-5-7-9-11-13-15-17-18-20-21-23-25-27-29-31-38(44)52-33-36(34-53-43-42(48)41(47)40(46)37(55-43)35-56(49,50)51)54-39(45)32-30-28-26-24-22-19-16-14-12-10-8-6-4-2/h14,16,25,27,36-37,40-43,46-48H,3-13,15,17-24,26,28-35H2,1-2H3,(H,49,50,51)/b16-14+,27-25+/t36-,37-,40-,41?,42?,43+/m1/s1. The highest BCUT2D eigenvalue weighted by Crippen LogP contribution is 2.24. The molecule has 0 bridgehead atoms. The lowest BCUT2D eigenvalue weighted by atomic mass is 10.00. The third-order valence-corrected chi connectivity index (χ3v) is 10.8. The molecule has 328 valence electrons. The average Bonchev–Trinajstić information content (AvgIpc) is 3.16. The molecule has 1 aliphatic heterocycles. The molecule has 1 aliphatic rings. The third-order valence-electron chi connectivity index (χ3n) is 10.0. The van der Waals surface area contributed by atoms with Crippen molar-refractivity contribution in [2.45, 2.75) is 218 Å². The summed E-state index contributed by atoms with van der Waals surface area (Å²) in [6.07, 6.45) is 26.7. The van der Waals surface area contributed by atoms with E-state index in [-0.39, 0.29) is 19.4 Å². The van der Waals surface area contributed by atoms with Gasteiger partial charge in [0.25, 0.3) is 10.1 Å². The van der Waals surface area contributed by atoms with Crippen molar-refractivity contribution in [2.75, 3.05) is 19.0 Å². The second-order valence-electron chi connectivity index (χ2n) is 15.4. The van der Waals surface area contributed by atoms with Gasteiger partial charge in [0.15, 0.2) is 12.4 Å². The van der Waals surface area contributed by atoms with Crippen LogP contribution in [0.1, 0.15) is 181 Å². The molecule has 1 rings (SSSR count). The fraction of sp³-hybridized carbons (Fsp3) is 0.860. The largest absolute Gasteiger partial charge is 0.462 e. The predicted octanol–water partition coefficient (Wildman–Crippen LogP) is 8.45. The first-order chi connectivity index (χ1) is 27.0. The highest BCUT2D eigenvalue weighted by atomic mass is 32.2. The van der Waals surface area contributed by atoms with E-state index in [0.717, 1.165) is 51.4 Å². The first-order valence-electron chi connectivity index (χ1n) is 21.9. The Morgan fingerprint density at radius 3 is 1.57 bits per heavy atom. The molecule has 2 unspecified atom stereocenters. The fourth-order valence-electron chi connectivity index (χ4n) is 6.57. The molecule has 0 aromatic carbocycles. The molecular formula is C43H78O12S. The summed E-state index contributed by atoms with van der Waals surface area (Å²) in [6, 6.07) is 0. The first kappa shape index (κ1) is 52.1. The number of carbonyl (C=O) groups is 2. The molecule has 1 heterocycles. The van der Waals surface area contributed by atoms with Crippen molar-refractivity contribution in [1.82, 2.24) is 0 Å². The van der Waals surface area contributed by atoms with E-state index in [4.69, 9.17) is 18.9 Å². The fourth-order valence-corrected chi connectivity index (χ4v) is 7.26. The number of carbonyl (C=O) groups excluding carboxylic acids is 2. The van der Waals surface area contributed by atoms with E-state index < -0.39 is 71.2 Å². The number of hydrogen-bond acceptors (Lipinski definition) is 11. The number of esters is 2. The van der Waals surface area contributed by atoms with Gasteiger partial charge >= 0.3 is 11.9 Å². The Kier molecular flexibility index (Phi) is 31.7. The molecule has 6 atom stereocenters. The number of allylic oxidation sites excluding steroid dienone is 4. The van der Waals surface area contributed by atoms with Crippen LogP contribution in [0.25, 0.3) is 0 Å². The van der Waals surface area contributed by atoms with Gasteiger partial charge in [0.1, 0.15) is 36.8 Å². The minimum Gasteiger partial charge on any atom is -0.462 e. The lowest BCUT2D eigenvalue weighted by molar-refractivity contribution is -0.297. The van der Waals surface area contributed by atoms with Crippen LogP contribution in [0.15, 0.2) is 24.3 Å². The van der Waals surface area contributed by atoms with Crippen LogP contribution in [-0.4, -0.2) is 96.0 Å². The Morgan fingerprint density at radius 1 is 0.589 bits per heavy atom. The Labute approximate surface area is 338 Å². The summed E-state index contributed by atoms with van der Waals surface area (Å²) < 4.78 is 53.9. The van der Waals surface area contributed by atoms with Gasteiger partial charge in [-0.25, -0.2) is 0 Å². The molecule has 0 amide bonds. The van der Waals surface area contributed by atoms with Crippen LogP contribution < -0.4 is 0 Å². The van der Waals surface area contributed by atoms with E-state index in [1.54, 1.807) is 0 Å². The molecule has 0 aromatic heterocycles. The van der Waals surface area contributed by atoms with Gasteiger partial charge in [-0.05, 0) is 51.4 Å². The molecule has 4 N–H and O–H groups in total. The van der Waals surface area contributed by atoms with Gasteiger partial charge in [-0.3, -0.25) is 14.1 Å². The summed E-state index contributed by atoms with van der Waals surface area (Å²) in [5, 5.41) is 30.8. The number of ether oxygens (including phenoxy) is 4. The summed E-state index contributed by atoms with van der Waals surface area (Å²) in [7, 11) is -4.60. The van der Waals surface area contributed by atoms with Crippen molar-refractivity contribution < 1.29 is 56.8 Å². The van der Waals surface area contributed by atoms with Crippen molar-refractivity contribution in [3.8, 4) is 0 Å². The van der Waals surface area contributed by atoms with Crippen molar-refractivity contribution in [1.29, 1.82) is 0 Å². The highest BCUT2D eigenvalue weighted by molar-refractivity contribution is 7.85. The Balaban J connectivity index is 2.49. The minimum atomic E-state index is -4.60. The molecule has 1 fully saturated rings. The molecule has 12 nitrogen and oxygen atoms in total. The summed E-state index contributed by atoms with van der Waals surface area (Å²) in [5.41, 5.74) is 0. The Morgan fingerprint density at radius 2 is 1.05 bits per heavy atom. The molecule has 1 saturated heterocycles. The van der Waals surface area contributed by atoms with Gasteiger partial charge in [-0.15, -0.1) is 0 Å². The maximum Gasteiger partial charge on any atom is 0.306 e. The van der Waals surface area contributed by atoms with Crippen LogP contribution in [0, 0.1) is 0 Å². The Bertz CT molecular complexity index is 1140. The lowest BCUT2D eigenvalue weighted by Crippen LogP contribution is -2.60. The first-order valence-corrected chi connectivity index (χ1v) is 23.5. The average molecular weight is 819 g/mol. The maximum absolute atomic E-state index is 12.8. The third kappa shape index (κ3) is 28.5. The van der Waals surface area contributed by atoms with E-state index in [9.17, 15) is 37.9 Å². The van der Waals surface area contributed by atoms with E-state index in [1.165, 1.54) is 89.9 Å². The second kappa shape index (κ2) is 34.0. The molecular weight excluding hydrogens is 741 g/mol. The van der Waals surface area contributed by atoms with Crippen molar-refractivity contribution in [2.24, 2.45) is 0 Å². The van der Waals surface area contributed by atoms with Crippen molar-refractivity contribution in [3.05, 3.63) is 24.3 Å². The van der Waals surface area contributed by atoms with Gasteiger partial charge in [-0.2, -0.15) is 8.42 Å². The maximum atomic E-state index is 12.8. The summed E-state index contributed by atoms with van der Waals surface area (Å²) in [5.74, 6) is -2.05. The number of aliphatic hydroxyl groups excluding tert-OH is 3. The molecule has 0 radical (unpaired) electrons. The number of hydrogen-bond donors (Lipinski definition) is 4. The van der Waals surface area contributed by atoms with E-state index in [0.29, 0.717) is 12.8 Å². The van der Waals surface area contributed by atoms with Crippen LogP contribution in [0.5, 0.6) is 0 Å². The summed E-state index contributed by atoms with van der Waals surface area (Å²) in [6.45, 7) is 3.70. The second-order valence-corrected chi connectivity index (χ2v) is 16.9. The van der Waals surface area contributed by atoms with Crippen molar-refractivity contribution in [3.63, 3.8) is 0 Å². The van der Waals surface area contributed by atoms with E-state index in [1.807, 2.05) is 6.08 Å². The zero-order valence-corrected chi connectivity index (χ0v) is 35.6. The smallest absolute Gasteiger partial charge is 0.306 e. The van der Waals surface area contributed by atoms with Gasteiger partial charge in [0.05, 0.1) is 6.61 Å². The number of rotatable bonds is 36. The van der Waals surface area contributed by atoms with Crippen LogP contribution in [-0.2, 0) is 38.7 Å². The molecule has 0 spiro atoms.